The number of oxazole rings is 1. The van der Waals surface area contributed by atoms with Crippen molar-refractivity contribution in [3.8, 4) is 0 Å². The zero-order chi connectivity index (χ0) is 16.8. The molecular formula is C17H24N4O2. The van der Waals surface area contributed by atoms with E-state index >= 15 is 0 Å². The molecule has 1 amide bonds. The molecule has 2 aromatic rings. The molecule has 1 aromatic heterocycles. The standard InChI is InChI=1S/C17H24N4O2/c1-11(2)9-14(19)17-21-15(10-23-17)16(22)20-8-7-12-3-5-13(18)6-4-12/h3-6,10-11,14H,7-9,18-19H2,1-2H3,(H,20,22). The number of carbonyl (C=O) groups excluding carboxylic acids is 1. The summed E-state index contributed by atoms with van der Waals surface area (Å²) in [6.45, 7) is 4.67. The Morgan fingerprint density at radius 1 is 1.30 bits per heavy atom. The van der Waals surface area contributed by atoms with Gasteiger partial charge in [0.1, 0.15) is 6.26 Å². The van der Waals surface area contributed by atoms with Crippen molar-refractivity contribution in [2.24, 2.45) is 11.7 Å². The van der Waals surface area contributed by atoms with E-state index in [0.29, 0.717) is 18.4 Å². The van der Waals surface area contributed by atoms with Gasteiger partial charge in [0.05, 0.1) is 6.04 Å². The molecular weight excluding hydrogens is 292 g/mol. The fraction of sp³-hybridized carbons (Fsp3) is 0.412. The Morgan fingerprint density at radius 3 is 2.65 bits per heavy atom. The fourth-order valence-corrected chi connectivity index (χ4v) is 2.27. The van der Waals surface area contributed by atoms with Crippen molar-refractivity contribution in [2.45, 2.75) is 32.7 Å². The van der Waals surface area contributed by atoms with Crippen molar-refractivity contribution >= 4 is 11.6 Å². The lowest BCUT2D eigenvalue weighted by molar-refractivity contribution is 0.0949. The van der Waals surface area contributed by atoms with Gasteiger partial charge in [-0.2, -0.15) is 0 Å². The lowest BCUT2D eigenvalue weighted by Gasteiger charge is -2.09. The van der Waals surface area contributed by atoms with Gasteiger partial charge in [-0.25, -0.2) is 4.98 Å². The number of hydrogen-bond donors (Lipinski definition) is 3. The van der Waals surface area contributed by atoms with Crippen molar-refractivity contribution in [1.29, 1.82) is 0 Å². The van der Waals surface area contributed by atoms with Crippen molar-refractivity contribution < 1.29 is 9.21 Å². The Kier molecular flexibility index (Phi) is 5.76. The second-order valence-electron chi connectivity index (χ2n) is 6.05. The van der Waals surface area contributed by atoms with Crippen LogP contribution in [0.25, 0.3) is 0 Å². The van der Waals surface area contributed by atoms with Gasteiger partial charge in [0, 0.05) is 12.2 Å². The molecule has 0 aliphatic rings. The first-order chi connectivity index (χ1) is 11.0. The van der Waals surface area contributed by atoms with Gasteiger partial charge in [0.25, 0.3) is 5.91 Å². The van der Waals surface area contributed by atoms with E-state index in [2.05, 4.69) is 24.1 Å². The number of rotatable bonds is 7. The summed E-state index contributed by atoms with van der Waals surface area (Å²) >= 11 is 0. The molecule has 0 saturated carbocycles. The van der Waals surface area contributed by atoms with E-state index in [0.717, 1.165) is 24.1 Å². The maximum atomic E-state index is 12.1. The summed E-state index contributed by atoms with van der Waals surface area (Å²) in [5.74, 6) is 0.587. The van der Waals surface area contributed by atoms with Crippen LogP contribution < -0.4 is 16.8 Å². The molecule has 0 saturated heterocycles. The summed E-state index contributed by atoms with van der Waals surface area (Å²) in [4.78, 5) is 16.2. The van der Waals surface area contributed by atoms with Crippen LogP contribution in [0.2, 0.25) is 0 Å². The Hall–Kier alpha value is -2.34. The molecule has 0 fully saturated rings. The first kappa shape index (κ1) is 17.0. The van der Waals surface area contributed by atoms with Gasteiger partial charge in [-0.3, -0.25) is 4.79 Å². The number of benzene rings is 1. The molecule has 124 valence electrons. The van der Waals surface area contributed by atoms with Crippen LogP contribution in [0.15, 0.2) is 34.9 Å². The minimum atomic E-state index is -0.286. The molecule has 6 nitrogen and oxygen atoms in total. The van der Waals surface area contributed by atoms with Gasteiger partial charge >= 0.3 is 0 Å². The summed E-state index contributed by atoms with van der Waals surface area (Å²) in [6, 6.07) is 7.29. The Bertz CT molecular complexity index is 634. The number of nitrogen functional groups attached to an aromatic ring is 1. The first-order valence-electron chi connectivity index (χ1n) is 7.79. The largest absolute Gasteiger partial charge is 0.446 e. The second-order valence-corrected chi connectivity index (χ2v) is 6.05. The van der Waals surface area contributed by atoms with E-state index < -0.39 is 0 Å². The predicted octanol–water partition coefficient (Wildman–Crippen LogP) is 2.28. The summed E-state index contributed by atoms with van der Waals surface area (Å²) in [7, 11) is 0. The maximum Gasteiger partial charge on any atom is 0.273 e. The van der Waals surface area contributed by atoms with E-state index in [9.17, 15) is 4.79 Å². The Morgan fingerprint density at radius 2 is 2.00 bits per heavy atom. The molecule has 23 heavy (non-hydrogen) atoms. The van der Waals surface area contributed by atoms with Crippen LogP contribution >= 0.6 is 0 Å². The van der Waals surface area contributed by atoms with Crippen LogP contribution in [0.1, 0.15) is 48.3 Å². The highest BCUT2D eigenvalue weighted by atomic mass is 16.3. The van der Waals surface area contributed by atoms with Crippen molar-refractivity contribution in [3.05, 3.63) is 47.7 Å². The molecule has 1 unspecified atom stereocenters. The number of carbonyl (C=O) groups is 1. The third-order valence-electron chi connectivity index (χ3n) is 3.48. The minimum Gasteiger partial charge on any atom is -0.446 e. The monoisotopic (exact) mass is 316 g/mol. The normalized spacial score (nSPS) is 12.3. The number of anilines is 1. The van der Waals surface area contributed by atoms with E-state index in [1.54, 1.807) is 0 Å². The van der Waals surface area contributed by atoms with Crippen molar-refractivity contribution in [2.75, 3.05) is 12.3 Å². The number of hydrogen-bond acceptors (Lipinski definition) is 5. The molecule has 0 radical (unpaired) electrons. The van der Waals surface area contributed by atoms with Crippen LogP contribution in [0.5, 0.6) is 0 Å². The SMILES string of the molecule is CC(C)CC(N)c1nc(C(=O)NCCc2ccc(N)cc2)co1. The molecule has 6 heteroatoms. The highest BCUT2D eigenvalue weighted by molar-refractivity contribution is 5.91. The van der Waals surface area contributed by atoms with Crippen molar-refractivity contribution in [3.63, 3.8) is 0 Å². The highest BCUT2D eigenvalue weighted by Gasteiger charge is 2.17. The van der Waals surface area contributed by atoms with Crippen LogP contribution in [0.4, 0.5) is 5.69 Å². The van der Waals surface area contributed by atoms with E-state index in [1.807, 2.05) is 24.3 Å². The third kappa shape index (κ3) is 5.10. The summed E-state index contributed by atoms with van der Waals surface area (Å²) < 4.78 is 5.32. The maximum absolute atomic E-state index is 12.1. The zero-order valence-corrected chi connectivity index (χ0v) is 13.6. The number of nitrogens with one attached hydrogen (secondary N) is 1. The van der Waals surface area contributed by atoms with E-state index in [4.69, 9.17) is 15.9 Å². The van der Waals surface area contributed by atoms with Crippen LogP contribution in [-0.4, -0.2) is 17.4 Å². The van der Waals surface area contributed by atoms with Crippen LogP contribution in [-0.2, 0) is 6.42 Å². The third-order valence-corrected chi connectivity index (χ3v) is 3.48. The van der Waals surface area contributed by atoms with Gasteiger partial charge in [-0.1, -0.05) is 26.0 Å². The van der Waals surface area contributed by atoms with Gasteiger partial charge in [-0.05, 0) is 36.5 Å². The average Bonchev–Trinajstić information content (AvgIpc) is 2.98. The van der Waals surface area contributed by atoms with Crippen molar-refractivity contribution in [1.82, 2.24) is 10.3 Å². The first-order valence-corrected chi connectivity index (χ1v) is 7.79. The summed E-state index contributed by atoms with van der Waals surface area (Å²) in [5.41, 5.74) is 13.7. The Labute approximate surface area is 136 Å². The molecule has 2 rings (SSSR count). The molecule has 1 atom stereocenters. The lowest BCUT2D eigenvalue weighted by Crippen LogP contribution is -2.26. The zero-order valence-electron chi connectivity index (χ0n) is 13.6. The Balaban J connectivity index is 1.84. The summed E-state index contributed by atoms with van der Waals surface area (Å²) in [5, 5.41) is 2.82. The second kappa shape index (κ2) is 7.78. The van der Waals surface area contributed by atoms with Gasteiger partial charge in [0.2, 0.25) is 5.89 Å². The molecule has 1 aromatic carbocycles. The molecule has 0 aliphatic carbocycles. The van der Waals surface area contributed by atoms with Crippen LogP contribution in [0, 0.1) is 5.92 Å². The smallest absolute Gasteiger partial charge is 0.273 e. The predicted molar refractivity (Wildman–Crippen MR) is 89.8 cm³/mol. The fourth-order valence-electron chi connectivity index (χ4n) is 2.27. The van der Waals surface area contributed by atoms with Gasteiger partial charge in [0.15, 0.2) is 5.69 Å². The number of amides is 1. The minimum absolute atomic E-state index is 0.257. The van der Waals surface area contributed by atoms with Crippen LogP contribution in [0.3, 0.4) is 0 Å². The molecule has 0 spiro atoms. The summed E-state index contributed by atoms with van der Waals surface area (Å²) in [6.07, 6.45) is 2.84. The molecule has 0 bridgehead atoms. The molecule has 5 N–H and O–H groups in total. The number of nitrogens with zero attached hydrogens (tertiary/aromatic N) is 1. The highest BCUT2D eigenvalue weighted by Crippen LogP contribution is 2.18. The molecule has 1 heterocycles. The lowest BCUT2D eigenvalue weighted by atomic mass is 10.0. The average molecular weight is 316 g/mol. The quantitative estimate of drug-likeness (QED) is 0.679. The van der Waals surface area contributed by atoms with E-state index in [1.165, 1.54) is 6.26 Å². The number of nitrogens with two attached hydrogens (primary N) is 2. The topological polar surface area (TPSA) is 107 Å². The molecule has 0 aliphatic heterocycles. The van der Waals surface area contributed by atoms with Gasteiger partial charge < -0.3 is 21.2 Å². The van der Waals surface area contributed by atoms with Gasteiger partial charge in [-0.15, -0.1) is 0 Å². The number of aromatic nitrogens is 1. The van der Waals surface area contributed by atoms with E-state index in [-0.39, 0.29) is 17.6 Å².